The highest BCUT2D eigenvalue weighted by Gasteiger charge is 2.36. The average molecular weight is 262 g/mol. The predicted molar refractivity (Wildman–Crippen MR) is 78.7 cm³/mol. The summed E-state index contributed by atoms with van der Waals surface area (Å²) in [5.41, 5.74) is 1.12. The van der Waals surface area contributed by atoms with Crippen molar-refractivity contribution in [1.82, 2.24) is 14.9 Å². The van der Waals surface area contributed by atoms with Gasteiger partial charge in [-0.05, 0) is 46.5 Å². The van der Waals surface area contributed by atoms with E-state index in [9.17, 15) is 0 Å². The second-order valence-corrected chi connectivity index (χ2v) is 6.56. The van der Waals surface area contributed by atoms with Gasteiger partial charge in [-0.25, -0.2) is 4.98 Å². The Labute approximate surface area is 116 Å². The number of anilines is 1. The lowest BCUT2D eigenvalue weighted by molar-refractivity contribution is 0.350. The van der Waals surface area contributed by atoms with Crippen LogP contribution in [0, 0.1) is 6.92 Å². The molecule has 2 fully saturated rings. The van der Waals surface area contributed by atoms with E-state index in [-0.39, 0.29) is 0 Å². The maximum atomic E-state index is 4.75. The van der Waals surface area contributed by atoms with Gasteiger partial charge in [0.15, 0.2) is 0 Å². The van der Waals surface area contributed by atoms with E-state index in [2.05, 4.69) is 48.8 Å². The number of piperidine rings is 1. The lowest BCUT2D eigenvalue weighted by atomic mass is 9.99. The molecule has 0 radical (unpaired) electrons. The summed E-state index contributed by atoms with van der Waals surface area (Å²) >= 11 is 0. The molecule has 2 aliphatic rings. The van der Waals surface area contributed by atoms with Crippen molar-refractivity contribution in [2.24, 2.45) is 0 Å². The molecule has 1 aromatic rings. The molecule has 2 saturated heterocycles. The Morgan fingerprint density at radius 3 is 2.53 bits per heavy atom. The topological polar surface area (TPSA) is 33.1 Å². The summed E-state index contributed by atoms with van der Waals surface area (Å²) < 4.78 is 2.30. The van der Waals surface area contributed by atoms with Gasteiger partial charge < -0.3 is 14.8 Å². The molecule has 106 valence electrons. The third kappa shape index (κ3) is 2.38. The zero-order valence-corrected chi connectivity index (χ0v) is 12.6. The van der Waals surface area contributed by atoms with Crippen LogP contribution in [0.2, 0.25) is 0 Å². The van der Waals surface area contributed by atoms with Gasteiger partial charge in [0.05, 0.1) is 5.69 Å². The largest absolute Gasteiger partial charge is 0.342 e. The minimum atomic E-state index is 0.470. The van der Waals surface area contributed by atoms with Crippen molar-refractivity contribution in [1.29, 1.82) is 0 Å². The smallest absolute Gasteiger partial charge is 0.205 e. The molecule has 2 atom stereocenters. The van der Waals surface area contributed by atoms with E-state index in [4.69, 9.17) is 4.98 Å². The number of aryl methyl sites for hydroxylation is 1. The first kappa shape index (κ1) is 13.0. The van der Waals surface area contributed by atoms with Gasteiger partial charge in [0.2, 0.25) is 5.95 Å². The second kappa shape index (κ2) is 4.82. The molecular weight excluding hydrogens is 236 g/mol. The maximum absolute atomic E-state index is 4.75. The number of nitrogens with zero attached hydrogens (tertiary/aromatic N) is 3. The highest BCUT2D eigenvalue weighted by Crippen LogP contribution is 2.31. The molecule has 0 aliphatic carbocycles. The highest BCUT2D eigenvalue weighted by molar-refractivity contribution is 5.35. The third-order valence-corrected chi connectivity index (χ3v) is 4.70. The van der Waals surface area contributed by atoms with E-state index in [0.29, 0.717) is 12.1 Å². The van der Waals surface area contributed by atoms with Crippen molar-refractivity contribution in [2.75, 3.05) is 11.9 Å². The van der Waals surface area contributed by atoms with Crippen molar-refractivity contribution in [3.63, 3.8) is 0 Å². The first-order valence-corrected chi connectivity index (χ1v) is 7.59. The maximum Gasteiger partial charge on any atom is 0.205 e. The van der Waals surface area contributed by atoms with Crippen LogP contribution in [0.15, 0.2) is 6.20 Å². The summed E-state index contributed by atoms with van der Waals surface area (Å²) in [7, 11) is 2.22. The van der Waals surface area contributed by atoms with E-state index in [1.807, 2.05) is 0 Å². The Morgan fingerprint density at radius 1 is 1.32 bits per heavy atom. The van der Waals surface area contributed by atoms with Crippen molar-refractivity contribution >= 4 is 5.95 Å². The standard InChI is InChI=1S/C15H26N4/c1-10(2)19-9-11(3)16-15(19)18(4)14-7-12-5-6-13(8-14)17-12/h9-10,12-14,17H,5-8H2,1-4H3. The quantitative estimate of drug-likeness (QED) is 0.908. The molecule has 0 saturated carbocycles. The van der Waals surface area contributed by atoms with Crippen LogP contribution in [0.5, 0.6) is 0 Å². The molecule has 1 aromatic heterocycles. The molecule has 3 heterocycles. The number of nitrogens with one attached hydrogen (secondary N) is 1. The van der Waals surface area contributed by atoms with Gasteiger partial charge in [-0.1, -0.05) is 0 Å². The van der Waals surface area contributed by atoms with Crippen molar-refractivity contribution in [3.8, 4) is 0 Å². The van der Waals surface area contributed by atoms with E-state index in [1.165, 1.54) is 25.7 Å². The van der Waals surface area contributed by atoms with Gasteiger partial charge in [-0.15, -0.1) is 0 Å². The van der Waals surface area contributed by atoms with Crippen LogP contribution in [0.4, 0.5) is 5.95 Å². The summed E-state index contributed by atoms with van der Waals surface area (Å²) in [5.74, 6) is 1.14. The lowest BCUT2D eigenvalue weighted by Gasteiger charge is -2.36. The minimum Gasteiger partial charge on any atom is -0.342 e. The Hall–Kier alpha value is -1.03. The fourth-order valence-corrected chi connectivity index (χ4v) is 3.65. The molecule has 19 heavy (non-hydrogen) atoms. The average Bonchev–Trinajstić information content (AvgIpc) is 2.91. The first-order chi connectivity index (χ1) is 9.04. The zero-order chi connectivity index (χ0) is 13.6. The van der Waals surface area contributed by atoms with Gasteiger partial charge in [-0.2, -0.15) is 0 Å². The van der Waals surface area contributed by atoms with Gasteiger partial charge in [-0.3, -0.25) is 0 Å². The number of imidazole rings is 1. The van der Waals surface area contributed by atoms with E-state index in [0.717, 1.165) is 23.7 Å². The molecule has 2 bridgehead atoms. The molecule has 0 amide bonds. The van der Waals surface area contributed by atoms with Crippen LogP contribution in [0.3, 0.4) is 0 Å². The number of rotatable bonds is 3. The Balaban J connectivity index is 1.81. The molecule has 0 spiro atoms. The summed E-state index contributed by atoms with van der Waals surface area (Å²) in [6, 6.07) is 2.57. The molecule has 2 unspecified atom stereocenters. The fraction of sp³-hybridized carbons (Fsp3) is 0.800. The lowest BCUT2D eigenvalue weighted by Crippen LogP contribution is -2.47. The number of fused-ring (bicyclic) bond motifs is 2. The molecule has 1 N–H and O–H groups in total. The number of hydrogen-bond acceptors (Lipinski definition) is 3. The monoisotopic (exact) mass is 262 g/mol. The molecule has 2 aliphatic heterocycles. The van der Waals surface area contributed by atoms with Crippen molar-refractivity contribution in [2.45, 2.75) is 70.6 Å². The van der Waals surface area contributed by atoms with Crippen LogP contribution >= 0.6 is 0 Å². The van der Waals surface area contributed by atoms with E-state index in [1.54, 1.807) is 0 Å². The minimum absolute atomic E-state index is 0.470. The van der Waals surface area contributed by atoms with Gasteiger partial charge in [0.25, 0.3) is 0 Å². The number of hydrogen-bond donors (Lipinski definition) is 1. The molecule has 4 heteroatoms. The summed E-state index contributed by atoms with van der Waals surface area (Å²) in [6.45, 7) is 6.54. The van der Waals surface area contributed by atoms with Crippen LogP contribution in [-0.2, 0) is 0 Å². The van der Waals surface area contributed by atoms with Crippen molar-refractivity contribution in [3.05, 3.63) is 11.9 Å². The van der Waals surface area contributed by atoms with Crippen molar-refractivity contribution < 1.29 is 0 Å². The fourth-order valence-electron chi connectivity index (χ4n) is 3.65. The zero-order valence-electron chi connectivity index (χ0n) is 12.6. The highest BCUT2D eigenvalue weighted by atomic mass is 15.3. The van der Waals surface area contributed by atoms with Crippen LogP contribution in [0.25, 0.3) is 0 Å². The van der Waals surface area contributed by atoms with Crippen LogP contribution < -0.4 is 10.2 Å². The first-order valence-electron chi connectivity index (χ1n) is 7.59. The predicted octanol–water partition coefficient (Wildman–Crippen LogP) is 2.49. The third-order valence-electron chi connectivity index (χ3n) is 4.70. The summed E-state index contributed by atoms with van der Waals surface area (Å²) in [6.07, 6.45) is 7.40. The Kier molecular flexibility index (Phi) is 3.29. The SMILES string of the molecule is Cc1cn(C(C)C)c(N(C)C2CC3CCC(C2)N3)n1. The Morgan fingerprint density at radius 2 is 1.95 bits per heavy atom. The summed E-state index contributed by atoms with van der Waals surface area (Å²) in [4.78, 5) is 7.16. The molecular formula is C15H26N4. The van der Waals surface area contributed by atoms with Crippen LogP contribution in [-0.4, -0.2) is 34.7 Å². The normalized spacial score (nSPS) is 30.1. The summed E-state index contributed by atoms with van der Waals surface area (Å²) in [5, 5.41) is 3.72. The molecule has 0 aromatic carbocycles. The Bertz CT molecular complexity index is 439. The van der Waals surface area contributed by atoms with Gasteiger partial charge in [0.1, 0.15) is 0 Å². The second-order valence-electron chi connectivity index (χ2n) is 6.56. The van der Waals surface area contributed by atoms with E-state index >= 15 is 0 Å². The van der Waals surface area contributed by atoms with Crippen LogP contribution in [0.1, 0.15) is 51.3 Å². The molecule has 3 rings (SSSR count). The van der Waals surface area contributed by atoms with Gasteiger partial charge >= 0.3 is 0 Å². The molecule has 4 nitrogen and oxygen atoms in total. The van der Waals surface area contributed by atoms with E-state index < -0.39 is 0 Å². The number of aromatic nitrogens is 2. The van der Waals surface area contributed by atoms with Gasteiger partial charge in [0, 0.05) is 37.4 Å².